The topological polar surface area (TPSA) is 81.3 Å². The summed E-state index contributed by atoms with van der Waals surface area (Å²) < 4.78 is 44.7. The molecule has 0 saturated carbocycles. The van der Waals surface area contributed by atoms with Crippen molar-refractivity contribution in [3.8, 4) is 5.88 Å². The molecule has 1 amide bonds. The molecule has 3 heterocycles. The zero-order valence-electron chi connectivity index (χ0n) is 14.4. The third-order valence-electron chi connectivity index (χ3n) is 4.25. The lowest BCUT2D eigenvalue weighted by Crippen LogP contribution is -2.44. The lowest BCUT2D eigenvalue weighted by atomic mass is 10.1. The highest BCUT2D eigenvalue weighted by Gasteiger charge is 2.34. The van der Waals surface area contributed by atoms with Crippen molar-refractivity contribution < 1.29 is 22.7 Å². The minimum atomic E-state index is -4.59. The van der Waals surface area contributed by atoms with Gasteiger partial charge in [-0.3, -0.25) is 9.78 Å². The second-order valence-corrected chi connectivity index (χ2v) is 6.28. The van der Waals surface area contributed by atoms with Crippen LogP contribution < -0.4 is 10.5 Å². The molecular formula is C18H19F3N4O2. The second kappa shape index (κ2) is 7.91. The molecule has 6 nitrogen and oxygen atoms in total. The van der Waals surface area contributed by atoms with Gasteiger partial charge in [0.1, 0.15) is 11.8 Å². The Bertz CT molecular complexity index is 799. The van der Waals surface area contributed by atoms with E-state index in [1.165, 1.54) is 12.3 Å². The Hall–Kier alpha value is -2.68. The van der Waals surface area contributed by atoms with Crippen LogP contribution in [0, 0.1) is 0 Å². The number of aromatic nitrogens is 2. The smallest absolute Gasteiger partial charge is 0.433 e. The van der Waals surface area contributed by atoms with Crippen molar-refractivity contribution in [3.63, 3.8) is 0 Å². The van der Waals surface area contributed by atoms with E-state index in [9.17, 15) is 18.0 Å². The average molecular weight is 380 g/mol. The van der Waals surface area contributed by atoms with E-state index < -0.39 is 18.0 Å². The number of carbonyl (C=O) groups excluding carboxylic acids is 1. The molecule has 1 atom stereocenters. The molecule has 1 aliphatic heterocycles. The van der Waals surface area contributed by atoms with Gasteiger partial charge < -0.3 is 15.4 Å². The third kappa shape index (κ3) is 4.73. The van der Waals surface area contributed by atoms with Crippen LogP contribution in [0.5, 0.6) is 5.88 Å². The number of amides is 1. The number of hydrogen-bond acceptors (Lipinski definition) is 5. The average Bonchev–Trinajstić information content (AvgIpc) is 2.67. The summed E-state index contributed by atoms with van der Waals surface area (Å²) in [6.07, 6.45) is -0.674. The molecule has 1 saturated heterocycles. The van der Waals surface area contributed by atoms with Crippen LogP contribution in [0.1, 0.15) is 34.5 Å². The van der Waals surface area contributed by atoms with Gasteiger partial charge in [0.2, 0.25) is 5.88 Å². The Kier molecular flexibility index (Phi) is 5.59. The van der Waals surface area contributed by atoms with Crippen molar-refractivity contribution in [2.75, 3.05) is 13.1 Å². The van der Waals surface area contributed by atoms with Gasteiger partial charge in [0.25, 0.3) is 5.91 Å². The Morgan fingerprint density at radius 1 is 1.37 bits per heavy atom. The van der Waals surface area contributed by atoms with E-state index in [2.05, 4.69) is 9.97 Å². The van der Waals surface area contributed by atoms with Crippen molar-refractivity contribution in [1.29, 1.82) is 0 Å². The number of alkyl halides is 3. The number of carbonyl (C=O) groups is 1. The lowest BCUT2D eigenvalue weighted by Gasteiger charge is -2.32. The van der Waals surface area contributed by atoms with E-state index in [1.807, 2.05) is 0 Å². The Labute approximate surface area is 154 Å². The summed E-state index contributed by atoms with van der Waals surface area (Å²) in [6.45, 7) is 0.763. The number of halogens is 3. The fourth-order valence-electron chi connectivity index (χ4n) is 2.94. The summed E-state index contributed by atoms with van der Waals surface area (Å²) in [4.78, 5) is 21.6. The number of likely N-dealkylation sites (tertiary alicyclic amines) is 1. The molecule has 0 spiro atoms. The molecule has 27 heavy (non-hydrogen) atoms. The summed E-state index contributed by atoms with van der Waals surface area (Å²) in [7, 11) is 0. The van der Waals surface area contributed by atoms with Gasteiger partial charge in [-0.1, -0.05) is 0 Å². The number of rotatable bonds is 4. The molecule has 0 aliphatic carbocycles. The van der Waals surface area contributed by atoms with Crippen LogP contribution >= 0.6 is 0 Å². The molecule has 0 unspecified atom stereocenters. The third-order valence-corrected chi connectivity index (χ3v) is 4.25. The minimum absolute atomic E-state index is 0.0573. The van der Waals surface area contributed by atoms with E-state index >= 15 is 0 Å². The van der Waals surface area contributed by atoms with Crippen molar-refractivity contribution in [2.24, 2.45) is 5.73 Å². The molecular weight excluding hydrogens is 361 g/mol. The second-order valence-electron chi connectivity index (χ2n) is 6.28. The quantitative estimate of drug-likeness (QED) is 0.882. The zero-order chi connectivity index (χ0) is 19.4. The van der Waals surface area contributed by atoms with Gasteiger partial charge in [0, 0.05) is 31.5 Å². The highest BCUT2D eigenvalue weighted by atomic mass is 19.4. The van der Waals surface area contributed by atoms with Gasteiger partial charge in [-0.05, 0) is 36.6 Å². The van der Waals surface area contributed by atoms with Crippen molar-refractivity contribution in [1.82, 2.24) is 14.9 Å². The van der Waals surface area contributed by atoms with Gasteiger partial charge in [0.15, 0.2) is 0 Å². The van der Waals surface area contributed by atoms with Crippen LogP contribution in [0.2, 0.25) is 0 Å². The Morgan fingerprint density at radius 2 is 2.19 bits per heavy atom. The number of pyridine rings is 2. The Balaban J connectivity index is 1.73. The van der Waals surface area contributed by atoms with Crippen LogP contribution in [0.15, 0.2) is 36.7 Å². The first kappa shape index (κ1) is 19.1. The SMILES string of the molecule is NCc1cc(O[C@H]2CCCN(C(=O)c3cccnc3)C2)nc(C(F)(F)F)c1. The highest BCUT2D eigenvalue weighted by molar-refractivity contribution is 5.93. The van der Waals surface area contributed by atoms with Gasteiger partial charge in [-0.15, -0.1) is 0 Å². The largest absolute Gasteiger partial charge is 0.472 e. The molecule has 2 N–H and O–H groups in total. The highest BCUT2D eigenvalue weighted by Crippen LogP contribution is 2.30. The molecule has 9 heteroatoms. The summed E-state index contributed by atoms with van der Waals surface area (Å²) >= 11 is 0. The van der Waals surface area contributed by atoms with E-state index in [-0.39, 0.29) is 30.4 Å². The molecule has 1 fully saturated rings. The number of nitrogens with two attached hydrogens (primary N) is 1. The zero-order valence-corrected chi connectivity index (χ0v) is 14.4. The van der Waals surface area contributed by atoms with E-state index in [1.54, 1.807) is 23.2 Å². The van der Waals surface area contributed by atoms with E-state index in [4.69, 9.17) is 10.5 Å². The van der Waals surface area contributed by atoms with Crippen LogP contribution in [0.4, 0.5) is 13.2 Å². The predicted molar refractivity (Wildman–Crippen MR) is 90.9 cm³/mol. The molecule has 0 radical (unpaired) electrons. The number of piperidine rings is 1. The fraction of sp³-hybridized carbons (Fsp3) is 0.389. The number of nitrogens with zero attached hydrogens (tertiary/aromatic N) is 3. The van der Waals surface area contributed by atoms with Crippen molar-refractivity contribution in [2.45, 2.75) is 31.7 Å². The number of ether oxygens (including phenoxy) is 1. The Morgan fingerprint density at radius 3 is 2.85 bits per heavy atom. The number of hydrogen-bond donors (Lipinski definition) is 1. The molecule has 3 rings (SSSR count). The molecule has 0 bridgehead atoms. The van der Waals surface area contributed by atoms with Gasteiger partial charge in [-0.2, -0.15) is 13.2 Å². The fourth-order valence-corrected chi connectivity index (χ4v) is 2.94. The van der Waals surface area contributed by atoms with E-state index in [0.717, 1.165) is 6.07 Å². The predicted octanol–water partition coefficient (Wildman–Crippen LogP) is 2.64. The molecule has 144 valence electrons. The first-order valence-corrected chi connectivity index (χ1v) is 8.51. The summed E-state index contributed by atoms with van der Waals surface area (Å²) in [6, 6.07) is 5.65. The van der Waals surface area contributed by atoms with Crippen LogP contribution in [-0.2, 0) is 12.7 Å². The summed E-state index contributed by atoms with van der Waals surface area (Å²) in [5, 5.41) is 0. The standard InChI is InChI=1S/C18H19F3N4O2/c19-18(20,21)15-7-12(9-22)8-16(24-15)27-14-4-2-6-25(11-14)17(26)13-3-1-5-23-10-13/h1,3,5,7-8,10,14H,2,4,6,9,11,22H2/t14-/m0/s1. The summed E-state index contributed by atoms with van der Waals surface area (Å²) in [5.74, 6) is -0.318. The van der Waals surface area contributed by atoms with Crippen molar-refractivity contribution >= 4 is 5.91 Å². The van der Waals surface area contributed by atoms with Crippen LogP contribution in [-0.4, -0.2) is 40.0 Å². The molecule has 0 aromatic carbocycles. The maximum Gasteiger partial charge on any atom is 0.433 e. The van der Waals surface area contributed by atoms with Crippen LogP contribution in [0.25, 0.3) is 0 Å². The van der Waals surface area contributed by atoms with E-state index in [0.29, 0.717) is 24.9 Å². The molecule has 2 aromatic heterocycles. The van der Waals surface area contributed by atoms with Gasteiger partial charge in [0.05, 0.1) is 12.1 Å². The van der Waals surface area contributed by atoms with Gasteiger partial charge >= 0.3 is 6.18 Å². The minimum Gasteiger partial charge on any atom is -0.472 e. The lowest BCUT2D eigenvalue weighted by molar-refractivity contribution is -0.141. The molecule has 1 aliphatic rings. The normalized spacial score (nSPS) is 17.6. The molecule has 2 aromatic rings. The first-order valence-electron chi connectivity index (χ1n) is 8.51. The monoisotopic (exact) mass is 380 g/mol. The van der Waals surface area contributed by atoms with Gasteiger partial charge in [-0.25, -0.2) is 4.98 Å². The summed E-state index contributed by atoms with van der Waals surface area (Å²) in [5.41, 5.74) is 5.18. The first-order chi connectivity index (χ1) is 12.9. The maximum absolute atomic E-state index is 13.0. The van der Waals surface area contributed by atoms with Crippen LogP contribution in [0.3, 0.4) is 0 Å². The van der Waals surface area contributed by atoms with Crippen molar-refractivity contribution in [3.05, 3.63) is 53.5 Å². The maximum atomic E-state index is 13.0.